The van der Waals surface area contributed by atoms with Crippen LogP contribution < -0.4 is 0 Å². The van der Waals surface area contributed by atoms with Gasteiger partial charge < -0.3 is 9.84 Å². The molecule has 0 aliphatic heterocycles. The van der Waals surface area contributed by atoms with Gasteiger partial charge in [0, 0.05) is 7.11 Å². The summed E-state index contributed by atoms with van der Waals surface area (Å²) in [6.07, 6.45) is 0.941. The van der Waals surface area contributed by atoms with Crippen molar-refractivity contribution in [2.24, 2.45) is 0 Å². The first kappa shape index (κ1) is 12.1. The Bertz CT molecular complexity index is 312. The maximum atomic E-state index is 12.8. The standard InChI is InChI=1S/C12H17FO2/c1-9-7-11(13)5-3-10(9)4-6-12(14)8-15-2/h3,5,7,12,14H,4,6,8H2,1-2H3. The predicted octanol–water partition coefficient (Wildman–Crippen LogP) is 2.07. The lowest BCUT2D eigenvalue weighted by atomic mass is 10.0. The molecule has 1 aromatic carbocycles. The fourth-order valence-electron chi connectivity index (χ4n) is 1.54. The fraction of sp³-hybridized carbons (Fsp3) is 0.500. The molecule has 84 valence electrons. The van der Waals surface area contributed by atoms with E-state index in [2.05, 4.69) is 0 Å². The Morgan fingerprint density at radius 2 is 2.20 bits per heavy atom. The van der Waals surface area contributed by atoms with Gasteiger partial charge in [-0.3, -0.25) is 0 Å². The molecule has 1 rings (SSSR count). The van der Waals surface area contributed by atoms with Crippen LogP contribution in [0.5, 0.6) is 0 Å². The van der Waals surface area contributed by atoms with Gasteiger partial charge in [-0.1, -0.05) is 6.07 Å². The Balaban J connectivity index is 2.50. The lowest BCUT2D eigenvalue weighted by Gasteiger charge is -2.10. The van der Waals surface area contributed by atoms with Crippen LogP contribution in [0.2, 0.25) is 0 Å². The van der Waals surface area contributed by atoms with E-state index in [-0.39, 0.29) is 5.82 Å². The normalized spacial score (nSPS) is 12.8. The quantitative estimate of drug-likeness (QED) is 0.809. The van der Waals surface area contributed by atoms with Crippen molar-refractivity contribution in [2.75, 3.05) is 13.7 Å². The van der Waals surface area contributed by atoms with Gasteiger partial charge in [-0.15, -0.1) is 0 Å². The van der Waals surface area contributed by atoms with Crippen LogP contribution in [0.15, 0.2) is 18.2 Å². The molecule has 0 aromatic heterocycles. The molecular formula is C12H17FO2. The van der Waals surface area contributed by atoms with Crippen LogP contribution in [0.1, 0.15) is 17.5 Å². The lowest BCUT2D eigenvalue weighted by molar-refractivity contribution is 0.0595. The van der Waals surface area contributed by atoms with Gasteiger partial charge >= 0.3 is 0 Å². The number of aliphatic hydroxyl groups excluding tert-OH is 1. The smallest absolute Gasteiger partial charge is 0.123 e. The highest BCUT2D eigenvalue weighted by Crippen LogP contribution is 2.13. The Morgan fingerprint density at radius 3 is 2.80 bits per heavy atom. The average Bonchev–Trinajstić information content (AvgIpc) is 2.17. The minimum Gasteiger partial charge on any atom is -0.391 e. The molecule has 0 spiro atoms. The molecule has 1 unspecified atom stereocenters. The number of ether oxygens (including phenoxy) is 1. The molecule has 0 saturated carbocycles. The Labute approximate surface area is 89.7 Å². The number of aliphatic hydroxyl groups is 1. The first-order valence-electron chi connectivity index (χ1n) is 5.05. The second-order valence-electron chi connectivity index (χ2n) is 3.72. The highest BCUT2D eigenvalue weighted by atomic mass is 19.1. The molecule has 0 heterocycles. The topological polar surface area (TPSA) is 29.5 Å². The van der Waals surface area contributed by atoms with Crippen molar-refractivity contribution >= 4 is 0 Å². The molecule has 0 amide bonds. The van der Waals surface area contributed by atoms with E-state index in [0.717, 1.165) is 17.5 Å². The summed E-state index contributed by atoms with van der Waals surface area (Å²) >= 11 is 0. The van der Waals surface area contributed by atoms with Gasteiger partial charge in [-0.2, -0.15) is 0 Å². The Hall–Kier alpha value is -0.930. The average molecular weight is 212 g/mol. The van der Waals surface area contributed by atoms with E-state index in [1.807, 2.05) is 6.92 Å². The summed E-state index contributed by atoms with van der Waals surface area (Å²) in [7, 11) is 1.56. The number of benzene rings is 1. The van der Waals surface area contributed by atoms with Gasteiger partial charge in [0.2, 0.25) is 0 Å². The second-order valence-corrected chi connectivity index (χ2v) is 3.72. The van der Waals surface area contributed by atoms with Crippen LogP contribution in [0.3, 0.4) is 0 Å². The molecule has 1 aromatic rings. The third-order valence-electron chi connectivity index (χ3n) is 2.41. The molecule has 0 aliphatic carbocycles. The zero-order valence-corrected chi connectivity index (χ0v) is 9.16. The molecule has 0 bridgehead atoms. The van der Waals surface area contributed by atoms with Gasteiger partial charge in [-0.05, 0) is 43.0 Å². The van der Waals surface area contributed by atoms with Crippen LogP contribution in [0.25, 0.3) is 0 Å². The fourth-order valence-corrected chi connectivity index (χ4v) is 1.54. The van der Waals surface area contributed by atoms with E-state index < -0.39 is 6.10 Å². The highest BCUT2D eigenvalue weighted by Gasteiger charge is 2.05. The number of hydrogen-bond donors (Lipinski definition) is 1. The zero-order valence-electron chi connectivity index (χ0n) is 9.16. The molecule has 1 N–H and O–H groups in total. The minimum atomic E-state index is -0.445. The van der Waals surface area contributed by atoms with Gasteiger partial charge in [0.15, 0.2) is 0 Å². The SMILES string of the molecule is COCC(O)CCc1ccc(F)cc1C. The number of hydrogen-bond acceptors (Lipinski definition) is 2. The van der Waals surface area contributed by atoms with Gasteiger partial charge in [-0.25, -0.2) is 4.39 Å². The highest BCUT2D eigenvalue weighted by molar-refractivity contribution is 5.26. The third-order valence-corrected chi connectivity index (χ3v) is 2.41. The largest absolute Gasteiger partial charge is 0.391 e. The van der Waals surface area contributed by atoms with Crippen molar-refractivity contribution in [3.05, 3.63) is 35.1 Å². The molecule has 2 nitrogen and oxygen atoms in total. The van der Waals surface area contributed by atoms with Crippen molar-refractivity contribution < 1.29 is 14.2 Å². The maximum absolute atomic E-state index is 12.8. The number of methoxy groups -OCH3 is 1. The minimum absolute atomic E-state index is 0.214. The summed E-state index contributed by atoms with van der Waals surface area (Å²) in [4.78, 5) is 0. The van der Waals surface area contributed by atoms with Crippen LogP contribution >= 0.6 is 0 Å². The second kappa shape index (κ2) is 5.83. The number of aryl methyl sites for hydroxylation is 2. The van der Waals surface area contributed by atoms with Gasteiger partial charge in [0.1, 0.15) is 5.82 Å². The summed E-state index contributed by atoms with van der Waals surface area (Å²) in [5.41, 5.74) is 2.01. The van der Waals surface area contributed by atoms with E-state index in [4.69, 9.17) is 4.74 Å². The van der Waals surface area contributed by atoms with Crippen molar-refractivity contribution in [1.29, 1.82) is 0 Å². The van der Waals surface area contributed by atoms with Crippen LogP contribution in [-0.4, -0.2) is 24.9 Å². The van der Waals surface area contributed by atoms with Crippen molar-refractivity contribution in [2.45, 2.75) is 25.9 Å². The number of rotatable bonds is 5. The molecule has 0 saturated heterocycles. The van der Waals surface area contributed by atoms with Gasteiger partial charge in [0.25, 0.3) is 0 Å². The maximum Gasteiger partial charge on any atom is 0.123 e. The Kier molecular flexibility index (Phi) is 4.72. The van der Waals surface area contributed by atoms with Gasteiger partial charge in [0.05, 0.1) is 12.7 Å². The molecule has 15 heavy (non-hydrogen) atoms. The van der Waals surface area contributed by atoms with Crippen molar-refractivity contribution in [1.82, 2.24) is 0 Å². The first-order chi connectivity index (χ1) is 7.13. The van der Waals surface area contributed by atoms with E-state index in [0.29, 0.717) is 13.0 Å². The van der Waals surface area contributed by atoms with E-state index in [1.165, 1.54) is 12.1 Å². The van der Waals surface area contributed by atoms with Crippen LogP contribution in [0, 0.1) is 12.7 Å². The Morgan fingerprint density at radius 1 is 1.47 bits per heavy atom. The molecule has 0 aliphatic rings. The molecule has 1 atom stereocenters. The molecular weight excluding hydrogens is 195 g/mol. The van der Waals surface area contributed by atoms with Crippen LogP contribution in [0.4, 0.5) is 4.39 Å². The zero-order chi connectivity index (χ0) is 11.3. The summed E-state index contributed by atoms with van der Waals surface area (Å²) in [5, 5.41) is 9.46. The van der Waals surface area contributed by atoms with Crippen molar-refractivity contribution in [3.8, 4) is 0 Å². The predicted molar refractivity (Wildman–Crippen MR) is 57.3 cm³/mol. The summed E-state index contributed by atoms with van der Waals surface area (Å²) in [6, 6.07) is 4.73. The summed E-state index contributed by atoms with van der Waals surface area (Å²) < 4.78 is 17.6. The first-order valence-corrected chi connectivity index (χ1v) is 5.05. The monoisotopic (exact) mass is 212 g/mol. The molecule has 0 fully saturated rings. The van der Waals surface area contributed by atoms with Crippen LogP contribution in [-0.2, 0) is 11.2 Å². The lowest BCUT2D eigenvalue weighted by Crippen LogP contribution is -2.14. The van der Waals surface area contributed by atoms with E-state index in [9.17, 15) is 9.50 Å². The summed E-state index contributed by atoms with van der Waals surface area (Å²) in [6.45, 7) is 2.22. The van der Waals surface area contributed by atoms with Crippen molar-refractivity contribution in [3.63, 3.8) is 0 Å². The van der Waals surface area contributed by atoms with E-state index in [1.54, 1.807) is 13.2 Å². The molecule has 0 radical (unpaired) electrons. The number of halogens is 1. The van der Waals surface area contributed by atoms with E-state index >= 15 is 0 Å². The molecule has 3 heteroatoms. The third kappa shape index (κ3) is 3.98. The summed E-state index contributed by atoms with van der Waals surface area (Å²) in [5.74, 6) is -0.214.